The molecular formula is C27H37N3O. The van der Waals surface area contributed by atoms with Crippen molar-refractivity contribution in [2.45, 2.75) is 38.0 Å². The lowest BCUT2D eigenvalue weighted by Crippen LogP contribution is -2.42. The highest BCUT2D eigenvalue weighted by Gasteiger charge is 2.27. The molecule has 2 aliphatic rings. The Bertz CT molecular complexity index is 741. The van der Waals surface area contributed by atoms with Crippen LogP contribution in [-0.2, 0) is 4.79 Å². The van der Waals surface area contributed by atoms with Gasteiger partial charge in [-0.15, -0.1) is 0 Å². The second kappa shape index (κ2) is 11.4. The molecule has 0 atom stereocenters. The smallest absolute Gasteiger partial charge is 0.223 e. The lowest BCUT2D eigenvalue weighted by Gasteiger charge is -2.34. The highest BCUT2D eigenvalue weighted by Crippen LogP contribution is 2.27. The van der Waals surface area contributed by atoms with Gasteiger partial charge in [0.2, 0.25) is 5.91 Å². The molecule has 4 rings (SSSR count). The van der Waals surface area contributed by atoms with Gasteiger partial charge in [0, 0.05) is 24.9 Å². The van der Waals surface area contributed by atoms with E-state index in [4.69, 9.17) is 0 Å². The van der Waals surface area contributed by atoms with E-state index < -0.39 is 0 Å². The first kappa shape index (κ1) is 22.0. The van der Waals surface area contributed by atoms with Crippen LogP contribution in [0.25, 0.3) is 0 Å². The van der Waals surface area contributed by atoms with Crippen LogP contribution in [0.15, 0.2) is 60.7 Å². The number of rotatable bonds is 9. The fraction of sp³-hybridized carbons (Fsp3) is 0.519. The van der Waals surface area contributed by atoms with Gasteiger partial charge < -0.3 is 15.1 Å². The zero-order chi connectivity index (χ0) is 21.3. The third-order valence-electron chi connectivity index (χ3n) is 6.95. The van der Waals surface area contributed by atoms with Crippen LogP contribution < -0.4 is 5.32 Å². The first-order valence-corrected chi connectivity index (χ1v) is 12.1. The van der Waals surface area contributed by atoms with Gasteiger partial charge >= 0.3 is 0 Å². The molecule has 2 aromatic rings. The van der Waals surface area contributed by atoms with Gasteiger partial charge in [0.1, 0.15) is 0 Å². The number of hydrogen-bond acceptors (Lipinski definition) is 3. The third-order valence-corrected chi connectivity index (χ3v) is 6.95. The SMILES string of the molecule is O=C(NCCCN1CCCC1)C1CCN(CC(c2ccccc2)c2ccccc2)CC1. The maximum atomic E-state index is 12.6. The van der Waals surface area contributed by atoms with E-state index in [1.54, 1.807) is 0 Å². The molecule has 2 aromatic carbocycles. The molecule has 0 aliphatic carbocycles. The minimum Gasteiger partial charge on any atom is -0.356 e. The maximum Gasteiger partial charge on any atom is 0.223 e. The van der Waals surface area contributed by atoms with Gasteiger partial charge in [0.15, 0.2) is 0 Å². The molecule has 1 N–H and O–H groups in total. The topological polar surface area (TPSA) is 35.6 Å². The molecule has 2 heterocycles. The quantitative estimate of drug-likeness (QED) is 0.621. The highest BCUT2D eigenvalue weighted by atomic mass is 16.1. The normalized spacial score (nSPS) is 18.5. The molecule has 166 valence electrons. The van der Waals surface area contributed by atoms with E-state index in [9.17, 15) is 4.79 Å². The van der Waals surface area contributed by atoms with Crippen molar-refractivity contribution >= 4 is 5.91 Å². The number of hydrogen-bond donors (Lipinski definition) is 1. The monoisotopic (exact) mass is 419 g/mol. The van der Waals surface area contributed by atoms with Crippen molar-refractivity contribution in [2.24, 2.45) is 5.92 Å². The molecule has 0 spiro atoms. The van der Waals surface area contributed by atoms with Crippen molar-refractivity contribution in [3.8, 4) is 0 Å². The molecule has 0 unspecified atom stereocenters. The molecule has 0 radical (unpaired) electrons. The molecule has 0 aromatic heterocycles. The number of carbonyl (C=O) groups is 1. The lowest BCUT2D eigenvalue weighted by atomic mass is 9.89. The molecule has 2 saturated heterocycles. The molecular weight excluding hydrogens is 382 g/mol. The van der Waals surface area contributed by atoms with E-state index >= 15 is 0 Å². The Morgan fingerprint density at radius 3 is 2.00 bits per heavy atom. The van der Waals surface area contributed by atoms with Gasteiger partial charge in [0.25, 0.3) is 0 Å². The van der Waals surface area contributed by atoms with Crippen molar-refractivity contribution in [2.75, 3.05) is 45.8 Å². The number of nitrogens with one attached hydrogen (secondary N) is 1. The Morgan fingerprint density at radius 1 is 0.839 bits per heavy atom. The molecule has 4 heteroatoms. The average Bonchev–Trinajstić information content (AvgIpc) is 3.35. The minimum atomic E-state index is 0.176. The van der Waals surface area contributed by atoms with Gasteiger partial charge in [-0.3, -0.25) is 4.79 Å². The number of carbonyl (C=O) groups excluding carboxylic acids is 1. The van der Waals surface area contributed by atoms with Crippen LogP contribution in [0.1, 0.15) is 49.1 Å². The van der Waals surface area contributed by atoms with E-state index in [0.29, 0.717) is 5.92 Å². The van der Waals surface area contributed by atoms with Crippen LogP contribution in [0.5, 0.6) is 0 Å². The van der Waals surface area contributed by atoms with Crippen LogP contribution in [0.4, 0.5) is 0 Å². The van der Waals surface area contributed by atoms with Gasteiger partial charge in [-0.2, -0.15) is 0 Å². The largest absolute Gasteiger partial charge is 0.356 e. The number of benzene rings is 2. The Morgan fingerprint density at radius 2 is 1.42 bits per heavy atom. The summed E-state index contributed by atoms with van der Waals surface area (Å²) in [5.41, 5.74) is 2.73. The van der Waals surface area contributed by atoms with Gasteiger partial charge in [-0.1, -0.05) is 60.7 Å². The van der Waals surface area contributed by atoms with Crippen molar-refractivity contribution in [1.29, 1.82) is 0 Å². The predicted octanol–water partition coefficient (Wildman–Crippen LogP) is 4.13. The van der Waals surface area contributed by atoms with Gasteiger partial charge in [-0.05, 0) is 76.0 Å². The summed E-state index contributed by atoms with van der Waals surface area (Å²) in [6.45, 7) is 7.43. The predicted molar refractivity (Wildman–Crippen MR) is 127 cm³/mol. The van der Waals surface area contributed by atoms with Crippen molar-refractivity contribution in [3.05, 3.63) is 71.8 Å². The van der Waals surface area contributed by atoms with E-state index in [0.717, 1.165) is 52.0 Å². The zero-order valence-corrected chi connectivity index (χ0v) is 18.7. The Kier molecular flexibility index (Phi) is 8.14. The van der Waals surface area contributed by atoms with Crippen LogP contribution in [0, 0.1) is 5.92 Å². The molecule has 0 bridgehead atoms. The van der Waals surface area contributed by atoms with Gasteiger partial charge in [0.05, 0.1) is 0 Å². The van der Waals surface area contributed by atoms with Crippen LogP contribution in [0.3, 0.4) is 0 Å². The Labute approximate surface area is 187 Å². The fourth-order valence-electron chi connectivity index (χ4n) is 5.07. The summed E-state index contributed by atoms with van der Waals surface area (Å²) < 4.78 is 0. The zero-order valence-electron chi connectivity index (χ0n) is 18.7. The number of piperidine rings is 1. The van der Waals surface area contributed by atoms with E-state index in [2.05, 4.69) is 75.8 Å². The standard InChI is InChI=1S/C27H37N3O/c31-27(28-16-9-19-29-17-7-8-18-29)25-14-20-30(21-15-25)22-26(23-10-3-1-4-11-23)24-12-5-2-6-13-24/h1-6,10-13,25-26H,7-9,14-22H2,(H,28,31). The fourth-order valence-corrected chi connectivity index (χ4v) is 5.07. The summed E-state index contributed by atoms with van der Waals surface area (Å²) in [4.78, 5) is 17.7. The summed E-state index contributed by atoms with van der Waals surface area (Å²) >= 11 is 0. The molecule has 31 heavy (non-hydrogen) atoms. The Hall–Kier alpha value is -2.17. The number of nitrogens with zero attached hydrogens (tertiary/aromatic N) is 2. The lowest BCUT2D eigenvalue weighted by molar-refractivity contribution is -0.126. The summed E-state index contributed by atoms with van der Waals surface area (Å²) in [6, 6.07) is 21.6. The Balaban J connectivity index is 1.24. The number of likely N-dealkylation sites (tertiary alicyclic amines) is 2. The van der Waals surface area contributed by atoms with E-state index in [1.807, 2.05) is 0 Å². The average molecular weight is 420 g/mol. The number of amides is 1. The van der Waals surface area contributed by atoms with Crippen molar-refractivity contribution in [1.82, 2.24) is 15.1 Å². The minimum absolute atomic E-state index is 0.176. The first-order valence-electron chi connectivity index (χ1n) is 12.1. The van der Waals surface area contributed by atoms with E-state index in [-0.39, 0.29) is 11.8 Å². The summed E-state index contributed by atoms with van der Waals surface area (Å²) in [5.74, 6) is 0.817. The summed E-state index contributed by atoms with van der Waals surface area (Å²) in [6.07, 6.45) is 5.67. The molecule has 1 amide bonds. The van der Waals surface area contributed by atoms with Gasteiger partial charge in [-0.25, -0.2) is 0 Å². The molecule has 0 saturated carbocycles. The highest BCUT2D eigenvalue weighted by molar-refractivity contribution is 5.78. The van der Waals surface area contributed by atoms with Crippen LogP contribution >= 0.6 is 0 Å². The maximum absolute atomic E-state index is 12.6. The third kappa shape index (κ3) is 6.41. The molecule has 2 fully saturated rings. The summed E-state index contributed by atoms with van der Waals surface area (Å²) in [5, 5.41) is 3.20. The van der Waals surface area contributed by atoms with E-state index in [1.165, 1.54) is 37.1 Å². The summed E-state index contributed by atoms with van der Waals surface area (Å²) in [7, 11) is 0. The van der Waals surface area contributed by atoms with Crippen molar-refractivity contribution in [3.63, 3.8) is 0 Å². The van der Waals surface area contributed by atoms with Crippen molar-refractivity contribution < 1.29 is 4.79 Å². The second-order valence-electron chi connectivity index (χ2n) is 9.14. The molecule has 4 nitrogen and oxygen atoms in total. The van der Waals surface area contributed by atoms with Crippen LogP contribution in [-0.4, -0.2) is 61.5 Å². The van der Waals surface area contributed by atoms with Crippen LogP contribution in [0.2, 0.25) is 0 Å². The first-order chi connectivity index (χ1) is 15.3. The molecule has 2 aliphatic heterocycles. The second-order valence-corrected chi connectivity index (χ2v) is 9.14.